The molecule has 3 N–H and O–H groups in total. The molecule has 0 aliphatic carbocycles. The van der Waals surface area contributed by atoms with Crippen molar-refractivity contribution in [1.82, 2.24) is 10.1 Å². The molecule has 2 aromatic rings. The Morgan fingerprint density at radius 2 is 2.11 bits per heavy atom. The average molecular weight is 251 g/mol. The lowest BCUT2D eigenvalue weighted by Gasteiger charge is -2.09. The molecule has 0 fully saturated rings. The van der Waals surface area contributed by atoms with E-state index in [0.717, 1.165) is 6.07 Å². The monoisotopic (exact) mass is 251 g/mol. The van der Waals surface area contributed by atoms with E-state index in [9.17, 15) is 4.39 Å². The highest BCUT2D eigenvalue weighted by atomic mass is 19.1. The lowest BCUT2D eigenvalue weighted by atomic mass is 10.1. The zero-order valence-corrected chi connectivity index (χ0v) is 10.1. The fourth-order valence-electron chi connectivity index (χ4n) is 1.42. The van der Waals surface area contributed by atoms with Gasteiger partial charge >= 0.3 is 0 Å². The van der Waals surface area contributed by atoms with Crippen molar-refractivity contribution in [3.05, 3.63) is 29.9 Å². The summed E-state index contributed by atoms with van der Waals surface area (Å²) in [6, 6.07) is 3.54. The maximum atomic E-state index is 13.2. The van der Waals surface area contributed by atoms with Crippen molar-refractivity contribution in [2.24, 2.45) is 11.7 Å². The lowest BCUT2D eigenvalue weighted by Crippen LogP contribution is -2.16. The molecule has 0 unspecified atom stereocenters. The molecule has 0 bridgehead atoms. The first kappa shape index (κ1) is 12.5. The van der Waals surface area contributed by atoms with Gasteiger partial charge in [0.15, 0.2) is 11.6 Å². The molecule has 1 heterocycles. The summed E-state index contributed by atoms with van der Waals surface area (Å²) in [5.74, 6) is -0.420. The summed E-state index contributed by atoms with van der Waals surface area (Å²) in [5.41, 5.74) is 6.30. The first-order valence-electron chi connectivity index (χ1n) is 5.57. The van der Waals surface area contributed by atoms with Crippen LogP contribution in [0.2, 0.25) is 0 Å². The minimum atomic E-state index is -0.730. The Kier molecular flexibility index (Phi) is 3.29. The number of benzene rings is 1. The second kappa shape index (κ2) is 4.73. The van der Waals surface area contributed by atoms with E-state index in [2.05, 4.69) is 10.1 Å². The highest BCUT2D eigenvalue weighted by Gasteiger charge is 2.19. The van der Waals surface area contributed by atoms with Crippen LogP contribution in [0, 0.1) is 11.7 Å². The molecule has 96 valence electrons. The Morgan fingerprint density at radius 1 is 1.39 bits per heavy atom. The Balaban J connectivity index is 2.32. The van der Waals surface area contributed by atoms with E-state index in [4.69, 9.17) is 15.4 Å². The maximum absolute atomic E-state index is 13.2. The molecule has 0 radical (unpaired) electrons. The summed E-state index contributed by atoms with van der Waals surface area (Å²) in [5, 5.41) is 12.8. The molecule has 0 saturated heterocycles. The largest absolute Gasteiger partial charge is 0.505 e. The van der Waals surface area contributed by atoms with Crippen LogP contribution in [0.25, 0.3) is 11.4 Å². The van der Waals surface area contributed by atoms with E-state index >= 15 is 0 Å². The second-order valence-electron chi connectivity index (χ2n) is 4.39. The van der Waals surface area contributed by atoms with Crippen LogP contribution in [0.15, 0.2) is 22.7 Å². The van der Waals surface area contributed by atoms with Crippen molar-refractivity contribution in [3.8, 4) is 17.1 Å². The molecule has 1 atom stereocenters. The number of hydrogen-bond acceptors (Lipinski definition) is 5. The van der Waals surface area contributed by atoms with Crippen LogP contribution in [-0.2, 0) is 0 Å². The van der Waals surface area contributed by atoms with Crippen LogP contribution in [0.3, 0.4) is 0 Å². The standard InChI is InChI=1S/C12H14FN3O2/c1-6(2)10(14)12-15-11(16-18-12)7-3-4-9(17)8(13)5-7/h3-6,10,17H,14H2,1-2H3/t10-/m0/s1. The molecule has 0 saturated carbocycles. The smallest absolute Gasteiger partial charge is 0.244 e. The fourth-order valence-corrected chi connectivity index (χ4v) is 1.42. The van der Waals surface area contributed by atoms with Crippen molar-refractivity contribution >= 4 is 0 Å². The highest BCUT2D eigenvalue weighted by molar-refractivity contribution is 5.55. The normalized spacial score (nSPS) is 12.9. The second-order valence-corrected chi connectivity index (χ2v) is 4.39. The van der Waals surface area contributed by atoms with Gasteiger partial charge in [0.1, 0.15) is 0 Å². The van der Waals surface area contributed by atoms with Gasteiger partial charge < -0.3 is 15.4 Å². The number of halogens is 1. The molecule has 0 amide bonds. The van der Waals surface area contributed by atoms with Crippen molar-refractivity contribution in [2.75, 3.05) is 0 Å². The highest BCUT2D eigenvalue weighted by Crippen LogP contribution is 2.24. The van der Waals surface area contributed by atoms with Crippen LogP contribution in [0.5, 0.6) is 5.75 Å². The summed E-state index contributed by atoms with van der Waals surface area (Å²) in [4.78, 5) is 4.12. The first-order valence-corrected chi connectivity index (χ1v) is 5.57. The number of nitrogens with zero attached hydrogens (tertiary/aromatic N) is 2. The molecule has 0 aliphatic heterocycles. The molecule has 18 heavy (non-hydrogen) atoms. The molecule has 2 rings (SSSR count). The van der Waals surface area contributed by atoms with Gasteiger partial charge in [-0.25, -0.2) is 4.39 Å². The van der Waals surface area contributed by atoms with Crippen LogP contribution in [-0.4, -0.2) is 15.2 Å². The van der Waals surface area contributed by atoms with E-state index in [1.807, 2.05) is 13.8 Å². The molecular formula is C12H14FN3O2. The molecule has 0 aliphatic rings. The number of phenolic OH excluding ortho intramolecular Hbond substituents is 1. The van der Waals surface area contributed by atoms with Crippen LogP contribution in [0.4, 0.5) is 4.39 Å². The number of hydrogen-bond donors (Lipinski definition) is 2. The predicted octanol–water partition coefficient (Wildman–Crippen LogP) is 2.24. The Labute approximate surface area is 103 Å². The van der Waals surface area contributed by atoms with Gasteiger partial charge in [0.2, 0.25) is 11.7 Å². The SMILES string of the molecule is CC(C)[C@H](N)c1nc(-c2ccc(O)c(F)c2)no1. The van der Waals surface area contributed by atoms with Gasteiger partial charge in [-0.05, 0) is 24.1 Å². The van der Waals surface area contributed by atoms with Gasteiger partial charge in [0, 0.05) is 5.56 Å². The third-order valence-electron chi connectivity index (χ3n) is 2.65. The topological polar surface area (TPSA) is 85.2 Å². The third-order valence-corrected chi connectivity index (χ3v) is 2.65. The van der Waals surface area contributed by atoms with Gasteiger partial charge in [-0.1, -0.05) is 19.0 Å². The third kappa shape index (κ3) is 2.33. The maximum Gasteiger partial charge on any atom is 0.244 e. The van der Waals surface area contributed by atoms with Gasteiger partial charge in [0.25, 0.3) is 0 Å². The van der Waals surface area contributed by atoms with E-state index in [0.29, 0.717) is 11.5 Å². The molecule has 1 aromatic heterocycles. The summed E-state index contributed by atoms with van der Waals surface area (Å²) in [7, 11) is 0. The average Bonchev–Trinajstić information content (AvgIpc) is 2.81. The number of rotatable bonds is 3. The summed E-state index contributed by atoms with van der Waals surface area (Å²) >= 11 is 0. The van der Waals surface area contributed by atoms with E-state index < -0.39 is 11.6 Å². The van der Waals surface area contributed by atoms with E-state index in [1.54, 1.807) is 0 Å². The van der Waals surface area contributed by atoms with Crippen molar-refractivity contribution < 1.29 is 14.0 Å². The molecule has 1 aromatic carbocycles. The molecule has 5 nitrogen and oxygen atoms in total. The van der Waals surface area contributed by atoms with Gasteiger partial charge in [0.05, 0.1) is 6.04 Å². The van der Waals surface area contributed by atoms with Crippen molar-refractivity contribution in [3.63, 3.8) is 0 Å². The Morgan fingerprint density at radius 3 is 2.72 bits per heavy atom. The minimum Gasteiger partial charge on any atom is -0.505 e. The number of aromatic nitrogens is 2. The predicted molar refractivity (Wildman–Crippen MR) is 63.1 cm³/mol. The zero-order chi connectivity index (χ0) is 13.3. The number of aromatic hydroxyl groups is 1. The van der Waals surface area contributed by atoms with Crippen LogP contribution >= 0.6 is 0 Å². The fraction of sp³-hybridized carbons (Fsp3) is 0.333. The van der Waals surface area contributed by atoms with Crippen LogP contribution < -0.4 is 5.73 Å². The summed E-state index contributed by atoms with van der Waals surface area (Å²) in [6.07, 6.45) is 0. The van der Waals surface area contributed by atoms with Crippen LogP contribution in [0.1, 0.15) is 25.8 Å². The summed E-state index contributed by atoms with van der Waals surface area (Å²) in [6.45, 7) is 3.88. The van der Waals surface area contributed by atoms with Gasteiger partial charge in [-0.15, -0.1) is 0 Å². The Bertz CT molecular complexity index is 554. The zero-order valence-electron chi connectivity index (χ0n) is 10.1. The van der Waals surface area contributed by atoms with E-state index in [1.165, 1.54) is 12.1 Å². The molecule has 0 spiro atoms. The quantitative estimate of drug-likeness (QED) is 0.873. The van der Waals surface area contributed by atoms with Gasteiger partial charge in [-0.3, -0.25) is 0 Å². The minimum absolute atomic E-state index is 0.162. The van der Waals surface area contributed by atoms with Gasteiger partial charge in [-0.2, -0.15) is 4.98 Å². The lowest BCUT2D eigenvalue weighted by molar-refractivity contribution is 0.325. The van der Waals surface area contributed by atoms with Crippen molar-refractivity contribution in [2.45, 2.75) is 19.9 Å². The number of nitrogens with two attached hydrogens (primary N) is 1. The summed E-state index contributed by atoms with van der Waals surface area (Å²) < 4.78 is 18.2. The van der Waals surface area contributed by atoms with Crippen molar-refractivity contribution in [1.29, 1.82) is 0 Å². The molecule has 6 heteroatoms. The number of phenols is 1. The van der Waals surface area contributed by atoms with E-state index in [-0.39, 0.29) is 17.8 Å². The first-order chi connectivity index (χ1) is 8.49. The molecular weight excluding hydrogens is 237 g/mol. The Hall–Kier alpha value is -1.95.